The molecule has 2 aromatic carbocycles. The standard InChI is InChI=1S/C25H29ClN2O2/c1-24(13-7-9-18-8-5-6-12-21(18)24)23(30)28-20-14-25(15-20,17-27-22(29)16-26)19-10-3-2-4-11-19/h2-6,8,10-12,20H,7,9,13-17H2,1H3,(H,27,29)(H,28,30). The highest BCUT2D eigenvalue weighted by molar-refractivity contribution is 6.27. The molecule has 2 aliphatic carbocycles. The average Bonchev–Trinajstić information content (AvgIpc) is 2.75. The molecule has 1 saturated carbocycles. The normalized spacial score (nSPS) is 27.5. The van der Waals surface area contributed by atoms with Crippen LogP contribution < -0.4 is 10.6 Å². The van der Waals surface area contributed by atoms with Crippen LogP contribution in [-0.2, 0) is 26.8 Å². The van der Waals surface area contributed by atoms with Gasteiger partial charge in [-0.1, -0.05) is 54.6 Å². The van der Waals surface area contributed by atoms with E-state index in [1.54, 1.807) is 0 Å². The number of rotatable bonds is 6. The van der Waals surface area contributed by atoms with E-state index < -0.39 is 5.41 Å². The number of amides is 2. The van der Waals surface area contributed by atoms with E-state index in [1.165, 1.54) is 11.1 Å². The Kier molecular flexibility index (Phi) is 5.88. The van der Waals surface area contributed by atoms with Crippen LogP contribution in [0.2, 0.25) is 0 Å². The summed E-state index contributed by atoms with van der Waals surface area (Å²) in [7, 11) is 0. The molecule has 0 saturated heterocycles. The van der Waals surface area contributed by atoms with E-state index >= 15 is 0 Å². The molecule has 2 aliphatic rings. The first kappa shape index (κ1) is 20.9. The fourth-order valence-corrected chi connectivity index (χ4v) is 5.29. The topological polar surface area (TPSA) is 58.2 Å². The van der Waals surface area contributed by atoms with Crippen molar-refractivity contribution in [2.45, 2.75) is 55.9 Å². The van der Waals surface area contributed by atoms with Crippen LogP contribution in [0.5, 0.6) is 0 Å². The quantitative estimate of drug-likeness (QED) is 0.692. The Morgan fingerprint density at radius 2 is 1.77 bits per heavy atom. The Morgan fingerprint density at radius 1 is 1.07 bits per heavy atom. The lowest BCUT2D eigenvalue weighted by atomic mass is 9.61. The number of carbonyl (C=O) groups excluding carboxylic acids is 2. The molecule has 158 valence electrons. The first-order valence-electron chi connectivity index (χ1n) is 10.7. The van der Waals surface area contributed by atoms with E-state index in [9.17, 15) is 9.59 Å². The monoisotopic (exact) mass is 424 g/mol. The minimum absolute atomic E-state index is 0.0389. The molecule has 2 aromatic rings. The van der Waals surface area contributed by atoms with Crippen LogP contribution in [-0.4, -0.2) is 30.3 Å². The number of hydrogen-bond donors (Lipinski definition) is 2. The summed E-state index contributed by atoms with van der Waals surface area (Å²) in [5, 5.41) is 6.26. The highest BCUT2D eigenvalue weighted by atomic mass is 35.5. The van der Waals surface area contributed by atoms with Gasteiger partial charge in [-0.2, -0.15) is 0 Å². The van der Waals surface area contributed by atoms with Crippen LogP contribution in [0.4, 0.5) is 0 Å². The highest BCUT2D eigenvalue weighted by Crippen LogP contribution is 2.44. The Labute approximate surface area is 183 Å². The van der Waals surface area contributed by atoms with Gasteiger partial charge in [0.1, 0.15) is 5.88 Å². The third-order valence-corrected chi connectivity index (χ3v) is 7.22. The number of alkyl halides is 1. The van der Waals surface area contributed by atoms with Crippen molar-refractivity contribution < 1.29 is 9.59 Å². The third-order valence-electron chi connectivity index (χ3n) is 6.98. The van der Waals surface area contributed by atoms with Gasteiger partial charge in [-0.15, -0.1) is 11.6 Å². The zero-order valence-corrected chi connectivity index (χ0v) is 18.2. The van der Waals surface area contributed by atoms with Gasteiger partial charge in [-0.25, -0.2) is 0 Å². The summed E-state index contributed by atoms with van der Waals surface area (Å²) in [6, 6.07) is 18.7. The van der Waals surface area contributed by atoms with E-state index in [-0.39, 0.29) is 29.2 Å². The summed E-state index contributed by atoms with van der Waals surface area (Å²) in [5.74, 6) is -0.0834. The van der Waals surface area contributed by atoms with Crippen LogP contribution in [0.15, 0.2) is 54.6 Å². The fraction of sp³-hybridized carbons (Fsp3) is 0.440. The SMILES string of the molecule is CC1(C(=O)NC2CC(CNC(=O)CCl)(c3ccccc3)C2)CCCc2ccccc21. The molecule has 0 aliphatic heterocycles. The molecule has 2 amide bonds. The van der Waals surface area contributed by atoms with Crippen molar-refractivity contribution >= 4 is 23.4 Å². The van der Waals surface area contributed by atoms with Crippen molar-refractivity contribution in [3.8, 4) is 0 Å². The Bertz CT molecular complexity index is 924. The van der Waals surface area contributed by atoms with Gasteiger partial charge < -0.3 is 10.6 Å². The van der Waals surface area contributed by atoms with E-state index in [0.29, 0.717) is 6.54 Å². The van der Waals surface area contributed by atoms with Crippen LogP contribution in [0, 0.1) is 0 Å². The predicted octanol–water partition coefficient (Wildman–Crippen LogP) is 3.85. The molecule has 0 aromatic heterocycles. The van der Waals surface area contributed by atoms with Gasteiger partial charge in [0.05, 0.1) is 5.41 Å². The van der Waals surface area contributed by atoms with Gasteiger partial charge in [0.25, 0.3) is 0 Å². The number of halogens is 1. The Hall–Kier alpha value is -2.33. The van der Waals surface area contributed by atoms with Gasteiger partial charge in [0.2, 0.25) is 11.8 Å². The molecule has 4 nitrogen and oxygen atoms in total. The second-order valence-electron chi connectivity index (χ2n) is 8.98. The summed E-state index contributed by atoms with van der Waals surface area (Å²) >= 11 is 5.66. The zero-order valence-electron chi connectivity index (χ0n) is 17.4. The molecular formula is C25H29ClN2O2. The second-order valence-corrected chi connectivity index (χ2v) is 9.25. The van der Waals surface area contributed by atoms with Gasteiger partial charge in [-0.05, 0) is 55.7 Å². The number of nitrogens with one attached hydrogen (secondary N) is 2. The summed E-state index contributed by atoms with van der Waals surface area (Å²) in [4.78, 5) is 25.1. The van der Waals surface area contributed by atoms with Crippen molar-refractivity contribution in [3.05, 3.63) is 71.3 Å². The predicted molar refractivity (Wildman–Crippen MR) is 120 cm³/mol. The third kappa shape index (κ3) is 3.85. The molecule has 30 heavy (non-hydrogen) atoms. The van der Waals surface area contributed by atoms with Gasteiger partial charge >= 0.3 is 0 Å². The van der Waals surface area contributed by atoms with Crippen LogP contribution in [0.25, 0.3) is 0 Å². The van der Waals surface area contributed by atoms with Gasteiger partial charge in [0.15, 0.2) is 0 Å². The largest absolute Gasteiger partial charge is 0.354 e. The first-order valence-corrected chi connectivity index (χ1v) is 11.3. The number of hydrogen-bond acceptors (Lipinski definition) is 2. The lowest BCUT2D eigenvalue weighted by Gasteiger charge is -2.49. The smallest absolute Gasteiger partial charge is 0.234 e. The Morgan fingerprint density at radius 3 is 2.50 bits per heavy atom. The van der Waals surface area contributed by atoms with Crippen molar-refractivity contribution in [2.24, 2.45) is 0 Å². The van der Waals surface area contributed by atoms with Crippen molar-refractivity contribution in [1.29, 1.82) is 0 Å². The first-order chi connectivity index (χ1) is 14.5. The molecule has 1 unspecified atom stereocenters. The maximum absolute atomic E-state index is 13.3. The van der Waals surface area contributed by atoms with Crippen LogP contribution in [0.3, 0.4) is 0 Å². The summed E-state index contributed by atoms with van der Waals surface area (Å²) in [6.07, 6.45) is 4.56. The van der Waals surface area contributed by atoms with Crippen molar-refractivity contribution in [1.82, 2.24) is 10.6 Å². The summed E-state index contributed by atoms with van der Waals surface area (Å²) in [5.41, 5.74) is 3.01. The molecule has 2 N–H and O–H groups in total. The van der Waals surface area contributed by atoms with E-state index in [0.717, 1.165) is 37.7 Å². The minimum Gasteiger partial charge on any atom is -0.354 e. The molecule has 0 radical (unpaired) electrons. The lowest BCUT2D eigenvalue weighted by Crippen LogP contribution is -2.60. The maximum atomic E-state index is 13.3. The molecule has 4 rings (SSSR count). The number of benzene rings is 2. The van der Waals surface area contributed by atoms with Crippen LogP contribution >= 0.6 is 11.6 Å². The van der Waals surface area contributed by atoms with Gasteiger partial charge in [0, 0.05) is 18.0 Å². The lowest BCUT2D eigenvalue weighted by molar-refractivity contribution is -0.129. The fourth-order valence-electron chi connectivity index (χ4n) is 5.20. The van der Waals surface area contributed by atoms with Crippen molar-refractivity contribution in [2.75, 3.05) is 12.4 Å². The second kappa shape index (κ2) is 8.43. The Balaban J connectivity index is 1.47. The zero-order chi connectivity index (χ0) is 21.2. The van der Waals surface area contributed by atoms with E-state index in [1.807, 2.05) is 24.3 Å². The number of aryl methyl sites for hydroxylation is 1. The molecule has 5 heteroatoms. The minimum atomic E-state index is -0.479. The van der Waals surface area contributed by atoms with E-state index in [2.05, 4.69) is 47.9 Å². The molecule has 1 atom stereocenters. The molecule has 0 bridgehead atoms. The molecule has 1 fully saturated rings. The maximum Gasteiger partial charge on any atom is 0.234 e. The summed E-state index contributed by atoms with van der Waals surface area (Å²) < 4.78 is 0. The van der Waals surface area contributed by atoms with E-state index in [4.69, 9.17) is 11.6 Å². The number of carbonyl (C=O) groups is 2. The van der Waals surface area contributed by atoms with Crippen molar-refractivity contribution in [3.63, 3.8) is 0 Å². The number of fused-ring (bicyclic) bond motifs is 1. The van der Waals surface area contributed by atoms with Crippen LogP contribution in [0.1, 0.15) is 49.3 Å². The summed E-state index contributed by atoms with van der Waals surface area (Å²) in [6.45, 7) is 2.61. The molecule has 0 heterocycles. The average molecular weight is 425 g/mol. The molecular weight excluding hydrogens is 396 g/mol. The highest BCUT2D eigenvalue weighted by Gasteiger charge is 2.48. The molecule has 0 spiro atoms. The van der Waals surface area contributed by atoms with Gasteiger partial charge in [-0.3, -0.25) is 9.59 Å².